The van der Waals surface area contributed by atoms with Gasteiger partial charge in [-0.15, -0.1) is 0 Å². The second-order valence-corrected chi connectivity index (χ2v) is 15.4. The van der Waals surface area contributed by atoms with Crippen LogP contribution in [0.4, 0.5) is 0 Å². The predicted octanol–water partition coefficient (Wildman–Crippen LogP) is 11.2. The highest BCUT2D eigenvalue weighted by Gasteiger charge is 2.15. The van der Waals surface area contributed by atoms with E-state index in [9.17, 15) is 19.8 Å². The lowest BCUT2D eigenvalue weighted by atomic mass is 10.0. The first-order chi connectivity index (χ1) is 25.4. The fraction of sp³-hybridized carbons (Fsp3) is 0.955. The Hall–Kier alpha value is -1.22. The molecule has 0 radical (unpaired) electrons. The zero-order valence-corrected chi connectivity index (χ0v) is 34.9. The normalized spacial score (nSPS) is 12.8. The average molecular weight is 742 g/mol. The van der Waals surface area contributed by atoms with E-state index in [4.69, 9.17) is 14.2 Å². The van der Waals surface area contributed by atoms with Crippen molar-refractivity contribution in [2.24, 2.45) is 0 Å². The summed E-state index contributed by atoms with van der Waals surface area (Å²) < 4.78 is 16.2. The number of aliphatic hydroxyl groups excluding tert-OH is 2. The molecule has 0 rings (SSSR count). The summed E-state index contributed by atoms with van der Waals surface area (Å²) in [5, 5.41) is 19.0. The van der Waals surface area contributed by atoms with E-state index >= 15 is 0 Å². The van der Waals surface area contributed by atoms with E-state index in [0.717, 1.165) is 109 Å². The Morgan fingerprint density at radius 3 is 1.58 bits per heavy atom. The summed E-state index contributed by atoms with van der Waals surface area (Å²) in [5.41, 5.74) is 0. The van der Waals surface area contributed by atoms with Crippen molar-refractivity contribution in [1.82, 2.24) is 4.90 Å². The Morgan fingerprint density at radius 1 is 0.558 bits per heavy atom. The zero-order valence-electron chi connectivity index (χ0n) is 34.9. The van der Waals surface area contributed by atoms with E-state index in [0.29, 0.717) is 38.5 Å². The highest BCUT2D eigenvalue weighted by Crippen LogP contribution is 2.19. The Morgan fingerprint density at radius 2 is 1.02 bits per heavy atom. The molecule has 2 atom stereocenters. The van der Waals surface area contributed by atoms with Crippen molar-refractivity contribution >= 4 is 11.9 Å². The zero-order chi connectivity index (χ0) is 38.3. The minimum absolute atomic E-state index is 0.00311. The van der Waals surface area contributed by atoms with Crippen LogP contribution in [0.3, 0.4) is 0 Å². The van der Waals surface area contributed by atoms with Crippen LogP contribution in [0.5, 0.6) is 0 Å². The molecule has 310 valence electrons. The largest absolute Gasteiger partial charge is 0.466 e. The smallest absolute Gasteiger partial charge is 0.306 e. The fourth-order valence-electron chi connectivity index (χ4n) is 7.00. The Kier molecular flexibility index (Phi) is 38.5. The highest BCUT2D eigenvalue weighted by molar-refractivity contribution is 5.69. The van der Waals surface area contributed by atoms with Gasteiger partial charge in [0.1, 0.15) is 6.10 Å². The van der Waals surface area contributed by atoms with Gasteiger partial charge in [-0.1, -0.05) is 129 Å². The van der Waals surface area contributed by atoms with E-state index < -0.39 is 6.29 Å². The summed E-state index contributed by atoms with van der Waals surface area (Å²) in [4.78, 5) is 27.2. The van der Waals surface area contributed by atoms with Gasteiger partial charge >= 0.3 is 11.9 Å². The first-order valence-corrected chi connectivity index (χ1v) is 22.3. The number of carbonyl (C=O) groups is 2. The molecule has 0 saturated carbocycles. The molecule has 0 aromatic carbocycles. The summed E-state index contributed by atoms with van der Waals surface area (Å²) >= 11 is 0. The summed E-state index contributed by atoms with van der Waals surface area (Å²) in [6.45, 7) is 9.17. The second kappa shape index (κ2) is 39.5. The van der Waals surface area contributed by atoms with Crippen LogP contribution in [0.1, 0.15) is 220 Å². The lowest BCUT2D eigenvalue weighted by molar-refractivity contribution is -0.150. The molecule has 0 aliphatic heterocycles. The number of methoxy groups -OCH3 is 1. The highest BCUT2D eigenvalue weighted by atomic mass is 16.6. The lowest BCUT2D eigenvalue weighted by Gasteiger charge is -2.28. The van der Waals surface area contributed by atoms with Crippen molar-refractivity contribution in [3.8, 4) is 0 Å². The molecule has 8 nitrogen and oxygen atoms in total. The number of ether oxygens (including phenoxy) is 3. The van der Waals surface area contributed by atoms with Gasteiger partial charge in [-0.25, -0.2) is 0 Å². The van der Waals surface area contributed by atoms with Gasteiger partial charge in [0.2, 0.25) is 0 Å². The molecule has 0 aromatic rings. The van der Waals surface area contributed by atoms with Crippen molar-refractivity contribution in [3.05, 3.63) is 0 Å². The maximum atomic E-state index is 12.7. The fourth-order valence-corrected chi connectivity index (χ4v) is 7.00. The second-order valence-electron chi connectivity index (χ2n) is 15.4. The number of hydrogen-bond acceptors (Lipinski definition) is 8. The van der Waals surface area contributed by atoms with Crippen molar-refractivity contribution < 1.29 is 34.0 Å². The van der Waals surface area contributed by atoms with Crippen LogP contribution in [0, 0.1) is 0 Å². The third-order valence-corrected chi connectivity index (χ3v) is 10.5. The topological polar surface area (TPSA) is 106 Å². The molecule has 0 aliphatic rings. The van der Waals surface area contributed by atoms with Gasteiger partial charge in [-0.2, -0.15) is 0 Å². The van der Waals surface area contributed by atoms with Gasteiger partial charge in [0.25, 0.3) is 0 Å². The van der Waals surface area contributed by atoms with Gasteiger partial charge in [0.15, 0.2) is 6.29 Å². The van der Waals surface area contributed by atoms with E-state index in [1.165, 1.54) is 84.2 Å². The van der Waals surface area contributed by atoms with Gasteiger partial charge in [-0.05, 0) is 84.1 Å². The molecule has 52 heavy (non-hydrogen) atoms. The Balaban J connectivity index is 4.06. The third kappa shape index (κ3) is 34.5. The molecular formula is C44H87NO7. The van der Waals surface area contributed by atoms with Crippen LogP contribution in [-0.4, -0.2) is 78.9 Å². The minimum atomic E-state index is -0.671. The first kappa shape index (κ1) is 50.8. The van der Waals surface area contributed by atoms with Gasteiger partial charge in [-0.3, -0.25) is 14.5 Å². The van der Waals surface area contributed by atoms with Crippen LogP contribution in [0.15, 0.2) is 0 Å². The number of nitrogens with zero attached hydrogens (tertiary/aromatic N) is 1. The van der Waals surface area contributed by atoms with E-state index in [1.807, 2.05) is 0 Å². The molecule has 2 N–H and O–H groups in total. The Labute approximate surface area is 321 Å². The van der Waals surface area contributed by atoms with Crippen LogP contribution in [0.2, 0.25) is 0 Å². The van der Waals surface area contributed by atoms with Crippen LogP contribution in [-0.2, 0) is 23.8 Å². The van der Waals surface area contributed by atoms with Crippen molar-refractivity contribution in [1.29, 1.82) is 0 Å². The molecule has 0 bridgehead atoms. The van der Waals surface area contributed by atoms with Gasteiger partial charge in [0, 0.05) is 32.5 Å². The summed E-state index contributed by atoms with van der Waals surface area (Å²) in [7, 11) is 1.51. The average Bonchev–Trinajstić information content (AvgIpc) is 3.14. The number of unbranched alkanes of at least 4 members (excludes halogenated alkanes) is 20. The quantitative estimate of drug-likeness (QED) is 0.0362. The summed E-state index contributed by atoms with van der Waals surface area (Å²) in [6, 6.07) is 0.438. The maximum Gasteiger partial charge on any atom is 0.306 e. The molecule has 0 aromatic heterocycles. The predicted molar refractivity (Wildman–Crippen MR) is 216 cm³/mol. The lowest BCUT2D eigenvalue weighted by Crippen LogP contribution is -2.36. The summed E-state index contributed by atoms with van der Waals surface area (Å²) in [6.07, 6.45) is 32.9. The molecule has 0 fully saturated rings. The number of aliphatic hydroxyl groups is 2. The van der Waals surface area contributed by atoms with Crippen LogP contribution >= 0.6 is 0 Å². The minimum Gasteiger partial charge on any atom is -0.466 e. The maximum absolute atomic E-state index is 12.7. The van der Waals surface area contributed by atoms with E-state index in [-0.39, 0.29) is 24.6 Å². The number of rotatable bonds is 41. The van der Waals surface area contributed by atoms with Crippen LogP contribution < -0.4 is 0 Å². The molecule has 0 aliphatic carbocycles. The van der Waals surface area contributed by atoms with Gasteiger partial charge in [0.05, 0.1) is 13.2 Å². The number of carbonyl (C=O) groups excluding carboxylic acids is 2. The van der Waals surface area contributed by atoms with Crippen molar-refractivity contribution in [3.63, 3.8) is 0 Å². The van der Waals surface area contributed by atoms with E-state index in [2.05, 4.69) is 25.7 Å². The summed E-state index contributed by atoms with van der Waals surface area (Å²) in [5.74, 6) is -0.0905. The van der Waals surface area contributed by atoms with Crippen LogP contribution in [0.25, 0.3) is 0 Å². The van der Waals surface area contributed by atoms with Crippen molar-refractivity contribution in [2.75, 3.05) is 33.4 Å². The number of esters is 2. The SMILES string of the molecule is CCCCCCCCC(CCCCCCCC)OC(=O)CCCCCCC(C)N(CCO)CCCCCCCC(=O)OCCCCCCC(O)OC. The molecule has 0 amide bonds. The third-order valence-electron chi connectivity index (χ3n) is 10.5. The number of hydrogen-bond donors (Lipinski definition) is 2. The first-order valence-electron chi connectivity index (χ1n) is 22.3. The molecule has 0 saturated heterocycles. The van der Waals surface area contributed by atoms with Crippen molar-refractivity contribution in [2.45, 2.75) is 238 Å². The molecule has 0 spiro atoms. The standard InChI is InChI=1S/C44H87NO7/c1-5-7-9-11-14-23-31-41(32-24-15-12-10-8-6-2)52-44(49)35-27-18-17-22-30-40(3)45(37-38-46)36-28-20-13-16-26-34-43(48)51-39-29-21-19-25-33-42(47)50-4/h40-42,46-47H,5-39H2,1-4H3. The molecule has 8 heteroatoms. The Bertz CT molecular complexity index is 751. The van der Waals surface area contributed by atoms with Gasteiger partial charge < -0.3 is 24.4 Å². The van der Waals surface area contributed by atoms with E-state index in [1.54, 1.807) is 0 Å². The molecular weight excluding hydrogens is 654 g/mol. The molecule has 0 heterocycles. The molecule has 2 unspecified atom stereocenters. The monoisotopic (exact) mass is 742 g/mol.